The molecule has 2 saturated heterocycles. The zero-order valence-corrected chi connectivity index (χ0v) is 18.5. The average molecular weight is 430 g/mol. The summed E-state index contributed by atoms with van der Waals surface area (Å²) in [7, 11) is 6.55. The Hall–Kier alpha value is -2.48. The van der Waals surface area contributed by atoms with Gasteiger partial charge in [-0.05, 0) is 35.4 Å². The zero-order chi connectivity index (χ0) is 21.8. The number of methoxy groups -OCH3 is 4. The Bertz CT molecular complexity index is 805. The molecule has 0 amide bonds. The summed E-state index contributed by atoms with van der Waals surface area (Å²) in [5.41, 5.74) is 2.22. The highest BCUT2D eigenvalue weighted by Crippen LogP contribution is 2.33. The van der Waals surface area contributed by atoms with E-state index in [9.17, 15) is 0 Å². The van der Waals surface area contributed by atoms with E-state index in [1.807, 2.05) is 36.4 Å². The third-order valence-corrected chi connectivity index (χ3v) is 5.67. The highest BCUT2D eigenvalue weighted by atomic mass is 16.6. The Morgan fingerprint density at radius 3 is 1.39 bits per heavy atom. The molecule has 7 nitrogen and oxygen atoms in total. The smallest absolute Gasteiger partial charge is 0.160 e. The number of benzene rings is 2. The molecule has 0 saturated carbocycles. The summed E-state index contributed by atoms with van der Waals surface area (Å²) in [6.45, 7) is 1.43. The Morgan fingerprint density at radius 2 is 1.06 bits per heavy atom. The van der Waals surface area contributed by atoms with E-state index in [4.69, 9.17) is 33.2 Å². The van der Waals surface area contributed by atoms with Crippen LogP contribution in [0.1, 0.15) is 11.1 Å². The lowest BCUT2D eigenvalue weighted by molar-refractivity contribution is -0.0369. The molecule has 0 bridgehead atoms. The molecule has 4 unspecified atom stereocenters. The van der Waals surface area contributed by atoms with Crippen LogP contribution in [0.4, 0.5) is 0 Å². The van der Waals surface area contributed by atoms with Gasteiger partial charge in [0.1, 0.15) is 12.2 Å². The fourth-order valence-electron chi connectivity index (χ4n) is 3.78. The van der Waals surface area contributed by atoms with Crippen molar-refractivity contribution in [3.8, 4) is 23.0 Å². The second-order valence-electron chi connectivity index (χ2n) is 7.74. The SMILES string of the molecule is COc1ccc(CC(OC(Cc2ccc(OC)c(OC)c2)C2CO2)C2CO2)cc1OC. The van der Waals surface area contributed by atoms with E-state index < -0.39 is 0 Å². The van der Waals surface area contributed by atoms with Crippen molar-refractivity contribution in [1.82, 2.24) is 0 Å². The molecule has 7 heteroatoms. The normalized spacial score (nSPS) is 21.2. The van der Waals surface area contributed by atoms with Gasteiger partial charge in [0.15, 0.2) is 23.0 Å². The summed E-state index contributed by atoms with van der Waals surface area (Å²) < 4.78 is 39.4. The van der Waals surface area contributed by atoms with E-state index in [0.717, 1.165) is 24.0 Å². The fraction of sp³-hybridized carbons (Fsp3) is 0.500. The lowest BCUT2D eigenvalue weighted by Gasteiger charge is -2.24. The number of rotatable bonds is 12. The molecule has 168 valence electrons. The average Bonchev–Trinajstić information content (AvgIpc) is 3.70. The monoisotopic (exact) mass is 430 g/mol. The molecule has 0 spiro atoms. The van der Waals surface area contributed by atoms with Crippen molar-refractivity contribution in [3.63, 3.8) is 0 Å². The summed E-state index contributed by atoms with van der Waals surface area (Å²) >= 11 is 0. The number of hydrogen-bond donors (Lipinski definition) is 0. The van der Waals surface area contributed by atoms with Crippen LogP contribution in [0.2, 0.25) is 0 Å². The standard InChI is InChI=1S/C24H30O7/c1-25-17-7-5-15(9-19(17)27-3)11-21(23-13-29-23)31-22(24-14-30-24)12-16-6-8-18(26-2)20(10-16)28-4/h5-10,21-24H,11-14H2,1-4H3. The molecule has 2 heterocycles. The molecule has 0 N–H and O–H groups in total. The highest BCUT2D eigenvalue weighted by molar-refractivity contribution is 5.44. The van der Waals surface area contributed by atoms with Gasteiger partial charge in [-0.2, -0.15) is 0 Å². The molecule has 2 aliphatic heterocycles. The van der Waals surface area contributed by atoms with Crippen molar-refractivity contribution in [2.75, 3.05) is 41.7 Å². The summed E-state index contributed by atoms with van der Waals surface area (Å²) in [6, 6.07) is 11.9. The molecule has 2 aromatic rings. The van der Waals surface area contributed by atoms with Gasteiger partial charge in [-0.25, -0.2) is 0 Å². The van der Waals surface area contributed by atoms with Gasteiger partial charge in [-0.3, -0.25) is 0 Å². The first-order valence-electron chi connectivity index (χ1n) is 10.5. The molecule has 2 aromatic carbocycles. The van der Waals surface area contributed by atoms with Gasteiger partial charge >= 0.3 is 0 Å². The van der Waals surface area contributed by atoms with Crippen LogP contribution in [0, 0.1) is 0 Å². The molecular weight excluding hydrogens is 400 g/mol. The summed E-state index contributed by atoms with van der Waals surface area (Å²) in [5.74, 6) is 2.85. The van der Waals surface area contributed by atoms with Gasteiger partial charge in [-0.15, -0.1) is 0 Å². The first-order valence-corrected chi connectivity index (χ1v) is 10.5. The van der Waals surface area contributed by atoms with E-state index in [0.29, 0.717) is 36.2 Å². The van der Waals surface area contributed by atoms with Crippen LogP contribution in [0.15, 0.2) is 36.4 Å². The van der Waals surface area contributed by atoms with E-state index in [1.54, 1.807) is 28.4 Å². The quantitative estimate of drug-likeness (QED) is 0.479. The third kappa shape index (κ3) is 5.42. The van der Waals surface area contributed by atoms with Crippen LogP contribution >= 0.6 is 0 Å². The Morgan fingerprint density at radius 1 is 0.677 bits per heavy atom. The molecule has 2 fully saturated rings. The van der Waals surface area contributed by atoms with Crippen molar-refractivity contribution in [2.24, 2.45) is 0 Å². The van der Waals surface area contributed by atoms with E-state index in [-0.39, 0.29) is 24.4 Å². The molecule has 0 radical (unpaired) electrons. The first-order chi connectivity index (χ1) is 15.1. The minimum Gasteiger partial charge on any atom is -0.493 e. The van der Waals surface area contributed by atoms with Crippen molar-refractivity contribution in [1.29, 1.82) is 0 Å². The van der Waals surface area contributed by atoms with Gasteiger partial charge in [0.05, 0.1) is 53.9 Å². The van der Waals surface area contributed by atoms with Gasteiger partial charge in [-0.1, -0.05) is 12.1 Å². The number of hydrogen-bond acceptors (Lipinski definition) is 7. The largest absolute Gasteiger partial charge is 0.493 e. The van der Waals surface area contributed by atoms with Crippen molar-refractivity contribution >= 4 is 0 Å². The molecule has 0 aromatic heterocycles. The summed E-state index contributed by atoms with van der Waals surface area (Å²) in [6.07, 6.45) is 1.51. The van der Waals surface area contributed by atoms with Crippen LogP contribution in [-0.4, -0.2) is 66.1 Å². The topological polar surface area (TPSA) is 71.2 Å². The second-order valence-corrected chi connectivity index (χ2v) is 7.74. The predicted molar refractivity (Wildman–Crippen MR) is 115 cm³/mol. The van der Waals surface area contributed by atoms with Crippen LogP contribution in [-0.2, 0) is 27.1 Å². The third-order valence-electron chi connectivity index (χ3n) is 5.67. The molecule has 2 aliphatic rings. The lowest BCUT2D eigenvalue weighted by atomic mass is 10.0. The summed E-state index contributed by atoms with van der Waals surface area (Å²) in [4.78, 5) is 0. The molecule has 4 rings (SSSR count). The van der Waals surface area contributed by atoms with Gasteiger partial charge < -0.3 is 33.2 Å². The maximum absolute atomic E-state index is 6.57. The first kappa shape index (κ1) is 21.7. The summed E-state index contributed by atoms with van der Waals surface area (Å²) in [5, 5.41) is 0. The van der Waals surface area contributed by atoms with Crippen molar-refractivity contribution < 1.29 is 33.2 Å². The number of ether oxygens (including phenoxy) is 7. The minimum atomic E-state index is -0.0626. The van der Waals surface area contributed by atoms with Crippen LogP contribution in [0.3, 0.4) is 0 Å². The lowest BCUT2D eigenvalue weighted by Crippen LogP contribution is -2.33. The van der Waals surface area contributed by atoms with Gasteiger partial charge in [0.2, 0.25) is 0 Å². The Balaban J connectivity index is 1.47. The Labute approximate surface area is 183 Å². The maximum Gasteiger partial charge on any atom is 0.160 e. The minimum absolute atomic E-state index is 0.0626. The molecular formula is C24H30O7. The number of epoxide rings is 2. The molecule has 0 aliphatic carbocycles. The van der Waals surface area contributed by atoms with Gasteiger partial charge in [0.25, 0.3) is 0 Å². The van der Waals surface area contributed by atoms with E-state index in [2.05, 4.69) is 0 Å². The van der Waals surface area contributed by atoms with Crippen LogP contribution in [0.5, 0.6) is 23.0 Å². The van der Waals surface area contributed by atoms with E-state index in [1.165, 1.54) is 0 Å². The molecule has 31 heavy (non-hydrogen) atoms. The predicted octanol–water partition coefficient (Wildman–Crippen LogP) is 3.06. The van der Waals surface area contributed by atoms with E-state index >= 15 is 0 Å². The van der Waals surface area contributed by atoms with Crippen LogP contribution in [0.25, 0.3) is 0 Å². The fourth-order valence-corrected chi connectivity index (χ4v) is 3.78. The van der Waals surface area contributed by atoms with Gasteiger partial charge in [0, 0.05) is 12.8 Å². The van der Waals surface area contributed by atoms with Crippen molar-refractivity contribution in [3.05, 3.63) is 47.5 Å². The molecule has 4 atom stereocenters. The van der Waals surface area contributed by atoms with Crippen molar-refractivity contribution in [2.45, 2.75) is 37.3 Å². The Kier molecular flexibility index (Phi) is 6.85. The van der Waals surface area contributed by atoms with Crippen LogP contribution < -0.4 is 18.9 Å². The maximum atomic E-state index is 6.57. The zero-order valence-electron chi connectivity index (χ0n) is 18.5. The second kappa shape index (κ2) is 9.77. The highest BCUT2D eigenvalue weighted by Gasteiger charge is 2.40.